The van der Waals surface area contributed by atoms with E-state index in [9.17, 15) is 4.79 Å². The van der Waals surface area contributed by atoms with E-state index in [1.807, 2.05) is 31.2 Å². The summed E-state index contributed by atoms with van der Waals surface area (Å²) in [5, 5.41) is 6.17. The van der Waals surface area contributed by atoms with Crippen molar-refractivity contribution in [2.24, 2.45) is 5.92 Å². The van der Waals surface area contributed by atoms with Crippen LogP contribution in [0, 0.1) is 5.92 Å². The van der Waals surface area contributed by atoms with E-state index >= 15 is 0 Å². The maximum Gasteiger partial charge on any atom is 0.234 e. The normalized spacial score (nSPS) is 15.9. The molecule has 0 unspecified atom stereocenters. The quantitative estimate of drug-likeness (QED) is 0.788. The number of hydrogen-bond acceptors (Lipinski definition) is 3. The molecule has 1 fully saturated rings. The van der Waals surface area contributed by atoms with Crippen molar-refractivity contribution in [3.63, 3.8) is 0 Å². The van der Waals surface area contributed by atoms with E-state index in [0.29, 0.717) is 6.54 Å². The van der Waals surface area contributed by atoms with E-state index < -0.39 is 0 Å². The molecule has 0 aliphatic heterocycles. The Balaban J connectivity index is 1.77. The largest absolute Gasteiger partial charge is 0.497 e. The van der Waals surface area contributed by atoms with Crippen molar-refractivity contribution >= 4 is 5.91 Å². The first-order chi connectivity index (χ1) is 9.19. The summed E-state index contributed by atoms with van der Waals surface area (Å²) in [6.45, 7) is 3.33. The van der Waals surface area contributed by atoms with E-state index in [0.717, 1.165) is 23.8 Å². The summed E-state index contributed by atoms with van der Waals surface area (Å²) in [6.07, 6.45) is 2.60. The van der Waals surface area contributed by atoms with Gasteiger partial charge in [-0.15, -0.1) is 0 Å². The number of carbonyl (C=O) groups is 1. The lowest BCUT2D eigenvalue weighted by Crippen LogP contribution is -2.36. The number of amides is 1. The molecule has 2 rings (SSSR count). The van der Waals surface area contributed by atoms with Crippen LogP contribution in [0.5, 0.6) is 5.75 Å². The van der Waals surface area contributed by atoms with Crippen LogP contribution in [0.25, 0.3) is 0 Å². The van der Waals surface area contributed by atoms with E-state index in [1.165, 1.54) is 12.8 Å². The Kier molecular flexibility index (Phi) is 4.80. The highest BCUT2D eigenvalue weighted by Crippen LogP contribution is 2.27. The van der Waals surface area contributed by atoms with Gasteiger partial charge in [0.1, 0.15) is 5.75 Å². The van der Waals surface area contributed by atoms with Crippen molar-refractivity contribution in [2.45, 2.75) is 25.8 Å². The van der Waals surface area contributed by atoms with Crippen molar-refractivity contribution in [2.75, 3.05) is 20.2 Å². The molecule has 19 heavy (non-hydrogen) atoms. The maximum absolute atomic E-state index is 11.8. The summed E-state index contributed by atoms with van der Waals surface area (Å²) in [5.41, 5.74) is 1.05. The second-order valence-corrected chi connectivity index (χ2v) is 5.14. The Labute approximate surface area is 114 Å². The minimum Gasteiger partial charge on any atom is -0.497 e. The molecule has 104 valence electrons. The van der Waals surface area contributed by atoms with Gasteiger partial charge in [0.2, 0.25) is 5.91 Å². The lowest BCUT2D eigenvalue weighted by Gasteiger charge is -2.15. The SMILES string of the molecule is COc1cccc([C@@H](C)NC(=O)CNCC2CC2)c1. The third-order valence-electron chi connectivity index (χ3n) is 3.39. The summed E-state index contributed by atoms with van der Waals surface area (Å²) >= 11 is 0. The van der Waals surface area contributed by atoms with Gasteiger partial charge in [-0.05, 0) is 49.9 Å². The van der Waals surface area contributed by atoms with Gasteiger partial charge < -0.3 is 15.4 Å². The van der Waals surface area contributed by atoms with Crippen LogP contribution in [0.3, 0.4) is 0 Å². The fraction of sp³-hybridized carbons (Fsp3) is 0.533. The number of ether oxygens (including phenoxy) is 1. The molecule has 0 spiro atoms. The third kappa shape index (κ3) is 4.56. The lowest BCUT2D eigenvalue weighted by molar-refractivity contribution is -0.120. The summed E-state index contributed by atoms with van der Waals surface area (Å²) in [6, 6.07) is 7.76. The Bertz CT molecular complexity index is 430. The first kappa shape index (κ1) is 13.9. The number of rotatable bonds is 7. The molecule has 4 nitrogen and oxygen atoms in total. The van der Waals surface area contributed by atoms with Crippen molar-refractivity contribution < 1.29 is 9.53 Å². The first-order valence-corrected chi connectivity index (χ1v) is 6.83. The average molecular weight is 262 g/mol. The zero-order valence-electron chi connectivity index (χ0n) is 11.6. The smallest absolute Gasteiger partial charge is 0.234 e. The minimum absolute atomic E-state index is 0.00896. The second-order valence-electron chi connectivity index (χ2n) is 5.14. The zero-order valence-corrected chi connectivity index (χ0v) is 11.6. The highest BCUT2D eigenvalue weighted by Gasteiger charge is 2.20. The summed E-state index contributed by atoms with van der Waals surface area (Å²) in [4.78, 5) is 11.8. The van der Waals surface area contributed by atoms with Crippen molar-refractivity contribution in [3.8, 4) is 5.75 Å². The maximum atomic E-state index is 11.8. The average Bonchev–Trinajstić information content (AvgIpc) is 3.23. The molecule has 0 bridgehead atoms. The predicted octanol–water partition coefficient (Wildman–Crippen LogP) is 1.87. The molecule has 4 heteroatoms. The third-order valence-corrected chi connectivity index (χ3v) is 3.39. The molecule has 1 saturated carbocycles. The minimum atomic E-state index is -0.00896. The zero-order chi connectivity index (χ0) is 13.7. The molecular weight excluding hydrogens is 240 g/mol. The molecule has 1 aromatic rings. The Hall–Kier alpha value is -1.55. The standard InChI is InChI=1S/C15H22N2O2/c1-11(13-4-3-5-14(8-13)19-2)17-15(18)10-16-9-12-6-7-12/h3-5,8,11-12,16H,6-7,9-10H2,1-2H3,(H,17,18)/t11-/m1/s1. The fourth-order valence-electron chi connectivity index (χ4n) is 2.00. The number of methoxy groups -OCH3 is 1. The summed E-state index contributed by atoms with van der Waals surface area (Å²) < 4.78 is 5.18. The van der Waals surface area contributed by atoms with Crippen molar-refractivity contribution in [1.82, 2.24) is 10.6 Å². The molecule has 1 aliphatic carbocycles. The summed E-state index contributed by atoms with van der Waals surface area (Å²) in [5.74, 6) is 1.64. The van der Waals surface area contributed by atoms with Gasteiger partial charge in [0.15, 0.2) is 0 Å². The first-order valence-electron chi connectivity index (χ1n) is 6.83. The lowest BCUT2D eigenvalue weighted by atomic mass is 10.1. The predicted molar refractivity (Wildman–Crippen MR) is 75.1 cm³/mol. The van der Waals surface area contributed by atoms with Gasteiger partial charge in [0.25, 0.3) is 0 Å². The van der Waals surface area contributed by atoms with Gasteiger partial charge in [0.05, 0.1) is 19.7 Å². The van der Waals surface area contributed by atoms with Gasteiger partial charge in [-0.3, -0.25) is 4.79 Å². The molecule has 0 saturated heterocycles. The van der Waals surface area contributed by atoms with E-state index in [2.05, 4.69) is 10.6 Å². The Morgan fingerprint density at radius 1 is 1.47 bits per heavy atom. The van der Waals surface area contributed by atoms with Gasteiger partial charge in [-0.1, -0.05) is 12.1 Å². The van der Waals surface area contributed by atoms with E-state index in [-0.39, 0.29) is 11.9 Å². The van der Waals surface area contributed by atoms with E-state index in [4.69, 9.17) is 4.74 Å². The molecule has 0 aromatic heterocycles. The monoisotopic (exact) mass is 262 g/mol. The topological polar surface area (TPSA) is 50.4 Å². The van der Waals surface area contributed by atoms with Gasteiger partial charge in [-0.2, -0.15) is 0 Å². The molecule has 0 heterocycles. The Morgan fingerprint density at radius 2 is 2.26 bits per heavy atom. The molecule has 1 atom stereocenters. The van der Waals surface area contributed by atoms with Crippen molar-refractivity contribution in [3.05, 3.63) is 29.8 Å². The second kappa shape index (κ2) is 6.57. The van der Waals surface area contributed by atoms with Gasteiger partial charge >= 0.3 is 0 Å². The molecule has 1 aliphatic rings. The highest BCUT2D eigenvalue weighted by molar-refractivity contribution is 5.78. The molecular formula is C15H22N2O2. The van der Waals surface area contributed by atoms with Crippen LogP contribution >= 0.6 is 0 Å². The van der Waals surface area contributed by atoms with Crippen LogP contribution in [0.15, 0.2) is 24.3 Å². The van der Waals surface area contributed by atoms with Crippen molar-refractivity contribution in [1.29, 1.82) is 0 Å². The molecule has 1 aromatic carbocycles. The number of carbonyl (C=O) groups excluding carboxylic acids is 1. The molecule has 0 radical (unpaired) electrons. The number of hydrogen-bond donors (Lipinski definition) is 2. The fourth-order valence-corrected chi connectivity index (χ4v) is 2.00. The van der Waals surface area contributed by atoms with Crippen LogP contribution in [0.2, 0.25) is 0 Å². The Morgan fingerprint density at radius 3 is 2.95 bits per heavy atom. The van der Waals surface area contributed by atoms with Crippen LogP contribution in [0.4, 0.5) is 0 Å². The number of nitrogens with one attached hydrogen (secondary N) is 2. The number of benzene rings is 1. The highest BCUT2D eigenvalue weighted by atomic mass is 16.5. The van der Waals surface area contributed by atoms with Crippen LogP contribution in [-0.4, -0.2) is 26.1 Å². The van der Waals surface area contributed by atoms with E-state index in [1.54, 1.807) is 7.11 Å². The molecule has 1 amide bonds. The van der Waals surface area contributed by atoms with Crippen LogP contribution in [-0.2, 0) is 4.79 Å². The van der Waals surface area contributed by atoms with Crippen LogP contribution in [0.1, 0.15) is 31.4 Å². The van der Waals surface area contributed by atoms with Gasteiger partial charge in [0, 0.05) is 0 Å². The van der Waals surface area contributed by atoms with Crippen LogP contribution < -0.4 is 15.4 Å². The van der Waals surface area contributed by atoms with Gasteiger partial charge in [-0.25, -0.2) is 0 Å². The summed E-state index contributed by atoms with van der Waals surface area (Å²) in [7, 11) is 1.64. The molecule has 2 N–H and O–H groups in total.